The normalized spacial score (nSPS) is 15.2. The van der Waals surface area contributed by atoms with Crippen molar-refractivity contribution in [3.05, 3.63) is 72.8 Å². The van der Waals surface area contributed by atoms with Crippen LogP contribution >= 0.6 is 0 Å². The largest absolute Gasteiger partial charge is 0.497 e. The summed E-state index contributed by atoms with van der Waals surface area (Å²) in [6.07, 6.45) is 2.08. The fraction of sp³-hybridized carbons (Fsp3) is 0.310. The van der Waals surface area contributed by atoms with E-state index in [0.29, 0.717) is 0 Å². The quantitative estimate of drug-likeness (QED) is 0.430. The number of ether oxygens (including phenoxy) is 1. The molecule has 1 saturated carbocycles. The Morgan fingerprint density at radius 2 is 1.67 bits per heavy atom. The van der Waals surface area contributed by atoms with Crippen LogP contribution in [0.15, 0.2) is 72.8 Å². The molecule has 3 aromatic carbocycles. The molecule has 7 heteroatoms. The highest BCUT2D eigenvalue weighted by atomic mass is 16.5. The first-order chi connectivity index (χ1) is 17.6. The van der Waals surface area contributed by atoms with Gasteiger partial charge in [0.2, 0.25) is 5.91 Å². The molecule has 2 fully saturated rings. The fourth-order valence-electron chi connectivity index (χ4n) is 4.47. The molecule has 0 radical (unpaired) electrons. The smallest absolute Gasteiger partial charge is 0.229 e. The molecule has 2 N–H and O–H groups in total. The van der Waals surface area contributed by atoms with Crippen LogP contribution in [0.5, 0.6) is 5.75 Å². The first-order valence-corrected chi connectivity index (χ1v) is 12.5. The second kappa shape index (κ2) is 10.8. The van der Waals surface area contributed by atoms with E-state index in [2.05, 4.69) is 62.9 Å². The number of carbonyl (C=O) groups excluding carboxylic acids is 1. The van der Waals surface area contributed by atoms with Crippen LogP contribution < -0.4 is 19.9 Å². The van der Waals surface area contributed by atoms with Crippen molar-refractivity contribution in [3.63, 3.8) is 0 Å². The minimum atomic E-state index is 0.222. The summed E-state index contributed by atoms with van der Waals surface area (Å²) in [5, 5.41) is 12.1. The van der Waals surface area contributed by atoms with Crippen molar-refractivity contribution in [2.75, 3.05) is 50.1 Å². The lowest BCUT2D eigenvalue weighted by molar-refractivity contribution is -0.119. The molecular formula is C29H33N5O2. The molecule has 1 aromatic heterocycles. The highest BCUT2D eigenvalue weighted by molar-refractivity contribution is 5.96. The molecule has 7 nitrogen and oxygen atoms in total. The maximum atomic E-state index is 11.8. The van der Waals surface area contributed by atoms with E-state index in [4.69, 9.17) is 4.74 Å². The van der Waals surface area contributed by atoms with Crippen LogP contribution in [0.1, 0.15) is 12.8 Å². The van der Waals surface area contributed by atoms with Crippen molar-refractivity contribution in [1.29, 1.82) is 0 Å². The molecule has 0 atom stereocenters. The lowest BCUT2D eigenvalue weighted by Gasteiger charge is -2.29. The van der Waals surface area contributed by atoms with Crippen LogP contribution in [0.3, 0.4) is 0 Å². The van der Waals surface area contributed by atoms with Gasteiger partial charge in [-0.15, -0.1) is 0 Å². The van der Waals surface area contributed by atoms with Gasteiger partial charge in [0, 0.05) is 61.5 Å². The maximum absolute atomic E-state index is 11.8. The number of fused-ring (bicyclic) bond motifs is 1. The molecule has 0 unspecified atom stereocenters. The number of H-pyrrole nitrogens is 1. The SMILES string of the molecule is COc1ccc(N(C)C(=O)C2CC2)cc1.c1ccc2c(-c3ccc(N4CCNCC4)cc3)n[nH]c2c1. The first kappa shape index (κ1) is 23.9. The molecular weight excluding hydrogens is 450 g/mol. The number of nitrogens with zero attached hydrogens (tertiary/aromatic N) is 3. The van der Waals surface area contributed by atoms with Crippen molar-refractivity contribution < 1.29 is 9.53 Å². The predicted octanol–water partition coefficient (Wildman–Crippen LogP) is 4.71. The van der Waals surface area contributed by atoms with Crippen molar-refractivity contribution in [1.82, 2.24) is 15.5 Å². The highest BCUT2D eigenvalue weighted by Crippen LogP contribution is 2.32. The van der Waals surface area contributed by atoms with Crippen molar-refractivity contribution in [2.45, 2.75) is 12.8 Å². The maximum Gasteiger partial charge on any atom is 0.229 e. The minimum absolute atomic E-state index is 0.222. The first-order valence-electron chi connectivity index (χ1n) is 12.5. The van der Waals surface area contributed by atoms with Crippen molar-refractivity contribution in [2.24, 2.45) is 5.92 Å². The van der Waals surface area contributed by atoms with E-state index in [1.807, 2.05) is 37.4 Å². The summed E-state index contributed by atoms with van der Waals surface area (Å²) >= 11 is 0. The van der Waals surface area contributed by atoms with E-state index in [9.17, 15) is 4.79 Å². The summed E-state index contributed by atoms with van der Waals surface area (Å²) in [7, 11) is 3.45. The van der Waals surface area contributed by atoms with Crippen LogP contribution in [0.25, 0.3) is 22.2 Å². The number of hydrogen-bond acceptors (Lipinski definition) is 5. The molecule has 0 bridgehead atoms. The molecule has 6 rings (SSSR count). The Bertz CT molecular complexity index is 1290. The third-order valence-corrected chi connectivity index (χ3v) is 6.81. The van der Waals surface area contributed by atoms with Gasteiger partial charge in [0.25, 0.3) is 0 Å². The second-order valence-corrected chi connectivity index (χ2v) is 9.27. The number of carbonyl (C=O) groups is 1. The number of rotatable bonds is 5. The van der Waals surface area contributed by atoms with Crippen LogP contribution in [0, 0.1) is 5.92 Å². The van der Waals surface area contributed by atoms with E-state index in [1.165, 1.54) is 11.1 Å². The number of aromatic nitrogens is 2. The average molecular weight is 484 g/mol. The third-order valence-electron chi connectivity index (χ3n) is 6.81. The summed E-state index contributed by atoms with van der Waals surface area (Å²) in [5.74, 6) is 1.29. The van der Waals surface area contributed by atoms with Crippen LogP contribution in [-0.4, -0.2) is 56.4 Å². The van der Waals surface area contributed by atoms with Gasteiger partial charge in [0.05, 0.1) is 18.3 Å². The molecule has 36 heavy (non-hydrogen) atoms. The van der Waals surface area contributed by atoms with Crippen molar-refractivity contribution >= 4 is 28.2 Å². The number of methoxy groups -OCH3 is 1. The lowest BCUT2D eigenvalue weighted by Crippen LogP contribution is -2.43. The molecule has 1 aliphatic heterocycles. The van der Waals surface area contributed by atoms with Gasteiger partial charge in [0.15, 0.2) is 0 Å². The summed E-state index contributed by atoms with van der Waals surface area (Å²) in [6.45, 7) is 4.27. The molecule has 1 aliphatic carbocycles. The van der Waals surface area contributed by atoms with Gasteiger partial charge < -0.3 is 19.9 Å². The Balaban J connectivity index is 0.000000157. The van der Waals surface area contributed by atoms with E-state index < -0.39 is 0 Å². The van der Waals surface area contributed by atoms with Gasteiger partial charge in [-0.05, 0) is 55.3 Å². The summed E-state index contributed by atoms with van der Waals surface area (Å²) in [4.78, 5) is 15.9. The Hall–Kier alpha value is -3.84. The summed E-state index contributed by atoms with van der Waals surface area (Å²) in [5.41, 5.74) is 5.48. The third kappa shape index (κ3) is 5.36. The van der Waals surface area contributed by atoms with Crippen LogP contribution in [0.2, 0.25) is 0 Å². The minimum Gasteiger partial charge on any atom is -0.497 e. The predicted molar refractivity (Wildman–Crippen MR) is 146 cm³/mol. The number of nitrogens with one attached hydrogen (secondary N) is 2. The summed E-state index contributed by atoms with van der Waals surface area (Å²) < 4.78 is 5.07. The molecule has 2 heterocycles. The van der Waals surface area contributed by atoms with Gasteiger partial charge in [0.1, 0.15) is 5.75 Å². The second-order valence-electron chi connectivity index (χ2n) is 9.27. The Kier molecular flexibility index (Phi) is 7.18. The Labute approximate surface area is 212 Å². The highest BCUT2D eigenvalue weighted by Gasteiger charge is 2.32. The number of piperazine rings is 1. The molecule has 1 amide bonds. The van der Waals surface area contributed by atoms with E-state index in [1.54, 1.807) is 12.0 Å². The van der Waals surface area contributed by atoms with Crippen LogP contribution in [-0.2, 0) is 4.79 Å². The number of hydrogen-bond donors (Lipinski definition) is 2. The monoisotopic (exact) mass is 483 g/mol. The van der Waals surface area contributed by atoms with Gasteiger partial charge in [-0.3, -0.25) is 9.89 Å². The summed E-state index contributed by atoms with van der Waals surface area (Å²) in [6, 6.07) is 24.5. The topological polar surface area (TPSA) is 73.5 Å². The molecule has 4 aromatic rings. The van der Waals surface area contributed by atoms with Gasteiger partial charge in [-0.2, -0.15) is 5.10 Å². The van der Waals surface area contributed by atoms with Gasteiger partial charge >= 0.3 is 0 Å². The number of para-hydroxylation sites is 1. The van der Waals surface area contributed by atoms with E-state index >= 15 is 0 Å². The average Bonchev–Trinajstić information content (AvgIpc) is 3.72. The number of aromatic amines is 1. The zero-order valence-electron chi connectivity index (χ0n) is 20.9. The van der Waals surface area contributed by atoms with Crippen LogP contribution in [0.4, 0.5) is 11.4 Å². The molecule has 1 saturated heterocycles. The number of amides is 1. The van der Waals surface area contributed by atoms with Gasteiger partial charge in [-0.1, -0.05) is 30.3 Å². The van der Waals surface area contributed by atoms with E-state index in [0.717, 1.165) is 67.2 Å². The Morgan fingerprint density at radius 3 is 2.33 bits per heavy atom. The van der Waals surface area contributed by atoms with E-state index in [-0.39, 0.29) is 11.8 Å². The molecule has 2 aliphatic rings. The molecule has 186 valence electrons. The fourth-order valence-corrected chi connectivity index (χ4v) is 4.47. The van der Waals surface area contributed by atoms with Crippen molar-refractivity contribution in [3.8, 4) is 17.0 Å². The lowest BCUT2D eigenvalue weighted by atomic mass is 10.1. The standard InChI is InChI=1S/C17H18N4.C12H15NO2/c1-2-4-16-15(3-1)17(20-19-16)13-5-7-14(8-6-13)21-11-9-18-10-12-21;1-13(12(14)9-3-4-9)10-5-7-11(15-2)8-6-10/h1-8,18H,9-12H2,(H,19,20);5-9H,3-4H2,1-2H3. The number of anilines is 2. The van der Waals surface area contributed by atoms with Gasteiger partial charge in [-0.25, -0.2) is 0 Å². The number of benzene rings is 3. The zero-order chi connectivity index (χ0) is 24.9. The molecule has 0 spiro atoms. The Morgan fingerprint density at radius 1 is 0.972 bits per heavy atom. The zero-order valence-corrected chi connectivity index (χ0v) is 20.9.